The highest BCUT2D eigenvalue weighted by atomic mass is 35.5. The number of benzene rings is 1. The molecule has 3 rings (SSSR count). The molecule has 3 N–H and O–H groups in total. The molecule has 31 heavy (non-hydrogen) atoms. The van der Waals surface area contributed by atoms with Gasteiger partial charge in [0.2, 0.25) is 5.91 Å². The predicted octanol–water partition coefficient (Wildman–Crippen LogP) is 2.91. The summed E-state index contributed by atoms with van der Waals surface area (Å²) in [4.78, 5) is 22.4. The zero-order valence-electron chi connectivity index (χ0n) is 17.9. The minimum atomic E-state index is -0.112. The molecule has 1 saturated heterocycles. The number of pyridine rings is 1. The third kappa shape index (κ3) is 7.03. The number of nitrogens with zero attached hydrogens (tertiary/aromatic N) is 3. The average molecular weight is 445 g/mol. The zero-order chi connectivity index (χ0) is 22.1. The fourth-order valence-electron chi connectivity index (χ4n) is 3.38. The molecule has 9 heteroatoms. The van der Waals surface area contributed by atoms with Crippen LogP contribution in [-0.2, 0) is 4.79 Å². The first kappa shape index (κ1) is 22.7. The Labute approximate surface area is 188 Å². The average Bonchev–Trinajstić information content (AvgIpc) is 3.19. The number of halogens is 1. The van der Waals surface area contributed by atoms with Crippen molar-refractivity contribution in [3.05, 3.63) is 47.6 Å². The standard InChI is InChI=1S/C22H29ClN6O2/c1-3-24-22(26-11-13-31-19-7-4-6-17(14-19)27-16(2)30)28-18-9-12-29(15-18)21-20(23)8-5-10-25-21/h4-8,10,14,18H,3,9,11-13,15H2,1-2H3,(H,27,30)(H2,24,26,28). The number of hydrogen-bond donors (Lipinski definition) is 3. The first-order valence-electron chi connectivity index (χ1n) is 10.5. The third-order valence-electron chi connectivity index (χ3n) is 4.70. The van der Waals surface area contributed by atoms with E-state index in [-0.39, 0.29) is 11.9 Å². The van der Waals surface area contributed by atoms with Gasteiger partial charge in [-0.25, -0.2) is 9.98 Å². The van der Waals surface area contributed by atoms with Gasteiger partial charge in [0.05, 0.1) is 11.6 Å². The summed E-state index contributed by atoms with van der Waals surface area (Å²) in [5.41, 5.74) is 0.710. The molecule has 166 valence electrons. The molecule has 1 aromatic carbocycles. The van der Waals surface area contributed by atoms with Gasteiger partial charge in [-0.05, 0) is 37.6 Å². The lowest BCUT2D eigenvalue weighted by molar-refractivity contribution is -0.114. The van der Waals surface area contributed by atoms with Crippen LogP contribution in [0.25, 0.3) is 0 Å². The van der Waals surface area contributed by atoms with Crippen LogP contribution in [0, 0.1) is 0 Å². The lowest BCUT2D eigenvalue weighted by atomic mass is 10.3. The van der Waals surface area contributed by atoms with Gasteiger partial charge in [0.25, 0.3) is 0 Å². The van der Waals surface area contributed by atoms with Crippen molar-refractivity contribution >= 4 is 35.0 Å². The van der Waals surface area contributed by atoms with Crippen LogP contribution in [0.15, 0.2) is 47.6 Å². The Morgan fingerprint density at radius 3 is 3.00 bits per heavy atom. The van der Waals surface area contributed by atoms with Gasteiger partial charge >= 0.3 is 0 Å². The Balaban J connectivity index is 1.49. The van der Waals surface area contributed by atoms with Crippen LogP contribution in [0.3, 0.4) is 0 Å². The SMILES string of the molecule is CCNC(=NCCOc1cccc(NC(C)=O)c1)NC1CCN(c2ncccc2Cl)C1. The highest BCUT2D eigenvalue weighted by Gasteiger charge is 2.25. The summed E-state index contributed by atoms with van der Waals surface area (Å²) < 4.78 is 5.77. The van der Waals surface area contributed by atoms with Gasteiger partial charge in [0.15, 0.2) is 5.96 Å². The highest BCUT2D eigenvalue weighted by Crippen LogP contribution is 2.25. The molecule has 1 aliphatic rings. The topological polar surface area (TPSA) is 90.9 Å². The van der Waals surface area contributed by atoms with Crippen LogP contribution in [0.2, 0.25) is 5.02 Å². The van der Waals surface area contributed by atoms with Crippen LogP contribution in [-0.4, -0.2) is 55.7 Å². The van der Waals surface area contributed by atoms with E-state index in [1.54, 1.807) is 12.3 Å². The fraction of sp³-hybridized carbons (Fsp3) is 0.409. The maximum atomic E-state index is 11.2. The van der Waals surface area contributed by atoms with Crippen molar-refractivity contribution in [3.63, 3.8) is 0 Å². The minimum absolute atomic E-state index is 0.112. The summed E-state index contributed by atoms with van der Waals surface area (Å²) in [7, 11) is 0. The summed E-state index contributed by atoms with van der Waals surface area (Å²) in [6.07, 6.45) is 2.74. The molecule has 0 aliphatic carbocycles. The lowest BCUT2D eigenvalue weighted by Crippen LogP contribution is -2.44. The van der Waals surface area contributed by atoms with E-state index in [4.69, 9.17) is 16.3 Å². The largest absolute Gasteiger partial charge is 0.492 e. The summed E-state index contributed by atoms with van der Waals surface area (Å²) >= 11 is 6.28. The lowest BCUT2D eigenvalue weighted by Gasteiger charge is -2.20. The van der Waals surface area contributed by atoms with Gasteiger partial charge in [-0.1, -0.05) is 17.7 Å². The predicted molar refractivity (Wildman–Crippen MR) is 125 cm³/mol. The van der Waals surface area contributed by atoms with Crippen LogP contribution < -0.4 is 25.6 Å². The van der Waals surface area contributed by atoms with Crippen molar-refractivity contribution in [1.82, 2.24) is 15.6 Å². The third-order valence-corrected chi connectivity index (χ3v) is 4.99. The van der Waals surface area contributed by atoms with E-state index >= 15 is 0 Å². The van der Waals surface area contributed by atoms with Crippen LogP contribution in [0.5, 0.6) is 5.75 Å². The van der Waals surface area contributed by atoms with Crippen molar-refractivity contribution in [2.45, 2.75) is 26.3 Å². The molecule has 1 aliphatic heterocycles. The number of nitrogens with one attached hydrogen (secondary N) is 3. The molecular formula is C22H29ClN6O2. The molecule has 1 amide bonds. The van der Waals surface area contributed by atoms with Crippen molar-refractivity contribution in [2.24, 2.45) is 4.99 Å². The molecule has 1 atom stereocenters. The first-order valence-corrected chi connectivity index (χ1v) is 10.8. The molecule has 0 saturated carbocycles. The molecule has 2 heterocycles. The summed E-state index contributed by atoms with van der Waals surface area (Å²) in [5, 5.41) is 10.2. The number of rotatable bonds is 8. The number of aromatic nitrogens is 1. The fourth-order valence-corrected chi connectivity index (χ4v) is 3.62. The Hall–Kier alpha value is -3.00. The number of guanidine groups is 1. The molecule has 0 bridgehead atoms. The van der Waals surface area contributed by atoms with Crippen LogP contribution >= 0.6 is 11.6 Å². The normalized spacial score (nSPS) is 16.2. The van der Waals surface area contributed by atoms with Crippen molar-refractivity contribution in [2.75, 3.05) is 43.0 Å². The number of hydrogen-bond acceptors (Lipinski definition) is 5. The zero-order valence-corrected chi connectivity index (χ0v) is 18.7. The second kappa shape index (κ2) is 11.4. The molecule has 0 spiro atoms. The first-order chi connectivity index (χ1) is 15.0. The van der Waals surface area contributed by atoms with Crippen molar-refractivity contribution in [1.29, 1.82) is 0 Å². The molecular weight excluding hydrogens is 416 g/mol. The van der Waals surface area contributed by atoms with Gasteiger partial charge in [-0.3, -0.25) is 4.79 Å². The summed E-state index contributed by atoms with van der Waals surface area (Å²) in [6, 6.07) is 11.3. The second-order valence-corrected chi connectivity index (χ2v) is 7.61. The van der Waals surface area contributed by atoms with Gasteiger partial charge in [0.1, 0.15) is 18.2 Å². The van der Waals surface area contributed by atoms with E-state index in [9.17, 15) is 4.79 Å². The molecule has 2 aromatic rings. The highest BCUT2D eigenvalue weighted by molar-refractivity contribution is 6.32. The minimum Gasteiger partial charge on any atom is -0.492 e. The van der Waals surface area contributed by atoms with Crippen LogP contribution in [0.4, 0.5) is 11.5 Å². The number of carbonyl (C=O) groups excluding carboxylic acids is 1. The Morgan fingerprint density at radius 1 is 1.35 bits per heavy atom. The molecule has 8 nitrogen and oxygen atoms in total. The summed E-state index contributed by atoms with van der Waals surface area (Å²) in [5.74, 6) is 2.17. The van der Waals surface area contributed by atoms with Gasteiger partial charge in [-0.2, -0.15) is 0 Å². The van der Waals surface area contributed by atoms with Gasteiger partial charge in [0, 0.05) is 50.6 Å². The Kier molecular flexibility index (Phi) is 8.35. The molecule has 1 fully saturated rings. The van der Waals surface area contributed by atoms with Gasteiger partial charge < -0.3 is 25.6 Å². The smallest absolute Gasteiger partial charge is 0.221 e. The Bertz CT molecular complexity index is 907. The van der Waals surface area contributed by atoms with Gasteiger partial charge in [-0.15, -0.1) is 0 Å². The van der Waals surface area contributed by atoms with E-state index in [0.29, 0.717) is 29.6 Å². The van der Waals surface area contributed by atoms with E-state index in [2.05, 4.69) is 30.8 Å². The molecule has 0 radical (unpaired) electrons. The number of anilines is 2. The molecule has 1 unspecified atom stereocenters. The quantitative estimate of drug-likeness (QED) is 0.329. The summed E-state index contributed by atoms with van der Waals surface area (Å²) in [6.45, 7) is 6.92. The van der Waals surface area contributed by atoms with E-state index in [1.165, 1.54) is 6.92 Å². The van der Waals surface area contributed by atoms with E-state index in [0.717, 1.165) is 37.8 Å². The van der Waals surface area contributed by atoms with Crippen molar-refractivity contribution in [3.8, 4) is 5.75 Å². The number of aliphatic imine (C=N–C) groups is 1. The number of amides is 1. The van der Waals surface area contributed by atoms with Crippen LogP contribution in [0.1, 0.15) is 20.3 Å². The molecule has 1 aromatic heterocycles. The maximum absolute atomic E-state index is 11.2. The number of carbonyl (C=O) groups is 1. The van der Waals surface area contributed by atoms with Crippen molar-refractivity contribution < 1.29 is 9.53 Å². The van der Waals surface area contributed by atoms with E-state index in [1.807, 2.05) is 37.3 Å². The van der Waals surface area contributed by atoms with E-state index < -0.39 is 0 Å². The number of ether oxygens (including phenoxy) is 1. The monoisotopic (exact) mass is 444 g/mol. The maximum Gasteiger partial charge on any atom is 0.221 e. The second-order valence-electron chi connectivity index (χ2n) is 7.20. The Morgan fingerprint density at radius 2 is 2.23 bits per heavy atom.